The number of methoxy groups -OCH3 is 1. The molecule has 0 amide bonds. The van der Waals surface area contributed by atoms with Crippen LogP contribution in [0.25, 0.3) is 0 Å². The number of halogens is 1. The summed E-state index contributed by atoms with van der Waals surface area (Å²) in [6.45, 7) is 13.1. The highest BCUT2D eigenvalue weighted by molar-refractivity contribution is 9.10. The van der Waals surface area contributed by atoms with E-state index in [0.29, 0.717) is 30.9 Å². The highest BCUT2D eigenvalue weighted by Crippen LogP contribution is 2.52. The molecule has 0 bridgehead atoms. The molecule has 0 atom stereocenters. The Hall–Kier alpha value is -2.86. The van der Waals surface area contributed by atoms with E-state index in [-0.39, 0.29) is 22.4 Å². The topological polar surface area (TPSA) is 64.6 Å². The number of benzene rings is 2. The Morgan fingerprint density at radius 3 is 2.00 bits per heavy atom. The first-order valence-corrected chi connectivity index (χ1v) is 14.4. The van der Waals surface area contributed by atoms with Crippen molar-refractivity contribution in [1.82, 2.24) is 5.32 Å². The van der Waals surface area contributed by atoms with Gasteiger partial charge >= 0.3 is 0 Å². The van der Waals surface area contributed by atoms with Gasteiger partial charge in [0.25, 0.3) is 0 Å². The summed E-state index contributed by atoms with van der Waals surface area (Å²) in [5, 5.41) is 3.58. The minimum Gasteiger partial charge on any atom is -0.493 e. The quantitative estimate of drug-likeness (QED) is 0.387. The first kappa shape index (κ1) is 27.7. The molecule has 3 aliphatic rings. The molecular formula is C33H38BrNO4. The molecular weight excluding hydrogens is 554 g/mol. The minimum absolute atomic E-state index is 0.105. The van der Waals surface area contributed by atoms with Crippen LogP contribution in [0.5, 0.6) is 11.5 Å². The van der Waals surface area contributed by atoms with E-state index in [1.54, 1.807) is 7.11 Å². The van der Waals surface area contributed by atoms with Crippen LogP contribution in [0.3, 0.4) is 0 Å². The van der Waals surface area contributed by atoms with Crippen molar-refractivity contribution in [3.05, 3.63) is 79.6 Å². The van der Waals surface area contributed by atoms with Gasteiger partial charge in [-0.25, -0.2) is 0 Å². The average molecular weight is 593 g/mol. The third kappa shape index (κ3) is 5.32. The van der Waals surface area contributed by atoms with Crippen molar-refractivity contribution in [2.75, 3.05) is 7.11 Å². The lowest BCUT2D eigenvalue weighted by molar-refractivity contribution is -0.119. The van der Waals surface area contributed by atoms with Crippen molar-refractivity contribution in [3.63, 3.8) is 0 Å². The summed E-state index contributed by atoms with van der Waals surface area (Å²) in [6.07, 6.45) is 2.46. The van der Waals surface area contributed by atoms with Gasteiger partial charge in [-0.15, -0.1) is 0 Å². The number of hydrogen-bond donors (Lipinski definition) is 1. The van der Waals surface area contributed by atoms with Gasteiger partial charge in [0.2, 0.25) is 0 Å². The van der Waals surface area contributed by atoms with Gasteiger partial charge in [0, 0.05) is 41.3 Å². The Morgan fingerprint density at radius 1 is 0.872 bits per heavy atom. The molecule has 0 radical (unpaired) electrons. The van der Waals surface area contributed by atoms with E-state index in [1.165, 1.54) is 11.1 Å². The van der Waals surface area contributed by atoms with E-state index in [0.717, 1.165) is 51.0 Å². The van der Waals surface area contributed by atoms with E-state index in [9.17, 15) is 9.59 Å². The van der Waals surface area contributed by atoms with E-state index < -0.39 is 5.92 Å². The van der Waals surface area contributed by atoms with Crippen LogP contribution in [0.2, 0.25) is 0 Å². The van der Waals surface area contributed by atoms with Crippen LogP contribution in [0.15, 0.2) is 57.3 Å². The Bertz CT molecular complexity index is 1390. The van der Waals surface area contributed by atoms with Gasteiger partial charge < -0.3 is 14.8 Å². The molecule has 0 saturated heterocycles. The summed E-state index contributed by atoms with van der Waals surface area (Å²) in [4.78, 5) is 27.3. The molecule has 206 valence electrons. The second-order valence-electron chi connectivity index (χ2n) is 13.0. The predicted octanol–water partition coefficient (Wildman–Crippen LogP) is 7.63. The number of rotatable bonds is 5. The first-order valence-electron chi connectivity index (χ1n) is 13.6. The van der Waals surface area contributed by atoms with Gasteiger partial charge in [0.15, 0.2) is 23.1 Å². The number of dihydropyridines is 1. The maximum Gasteiger partial charge on any atom is 0.175 e. The monoisotopic (exact) mass is 591 g/mol. The smallest absolute Gasteiger partial charge is 0.175 e. The van der Waals surface area contributed by atoms with Crippen molar-refractivity contribution in [1.29, 1.82) is 0 Å². The molecule has 6 heteroatoms. The molecule has 1 aliphatic heterocycles. The number of hydrogen-bond acceptors (Lipinski definition) is 5. The van der Waals surface area contributed by atoms with Gasteiger partial charge in [-0.2, -0.15) is 0 Å². The largest absolute Gasteiger partial charge is 0.493 e. The molecule has 2 aromatic carbocycles. The zero-order chi connectivity index (χ0) is 28.3. The van der Waals surface area contributed by atoms with Gasteiger partial charge in [-0.1, -0.05) is 45.9 Å². The SMILES string of the molecule is COc1cc(C2C3=C(CC(C)(C)CC3=O)NC3=C2C(=O)CC(C)(C)C3)cc(Br)c1OCc1ccc(C)c(C)c1. The highest BCUT2D eigenvalue weighted by atomic mass is 79.9. The number of allylic oxidation sites excluding steroid dienone is 4. The van der Waals surface area contributed by atoms with E-state index in [4.69, 9.17) is 9.47 Å². The molecule has 0 saturated carbocycles. The Morgan fingerprint density at radius 2 is 1.46 bits per heavy atom. The molecule has 0 aromatic heterocycles. The van der Waals surface area contributed by atoms with Gasteiger partial charge in [-0.3, -0.25) is 9.59 Å². The second-order valence-corrected chi connectivity index (χ2v) is 13.8. The fourth-order valence-electron chi connectivity index (χ4n) is 6.32. The van der Waals surface area contributed by atoms with Gasteiger partial charge in [-0.05, 0) is 87.8 Å². The zero-order valence-corrected chi connectivity index (χ0v) is 25.6. The second kappa shape index (κ2) is 9.96. The van der Waals surface area contributed by atoms with Crippen LogP contribution in [0.1, 0.15) is 81.5 Å². The number of nitrogens with one attached hydrogen (secondary N) is 1. The van der Waals surface area contributed by atoms with Crippen LogP contribution in [0, 0.1) is 24.7 Å². The van der Waals surface area contributed by atoms with Crippen LogP contribution in [-0.2, 0) is 16.2 Å². The third-order valence-electron chi connectivity index (χ3n) is 8.26. The van der Waals surface area contributed by atoms with Crippen molar-refractivity contribution in [3.8, 4) is 11.5 Å². The van der Waals surface area contributed by atoms with Crippen molar-refractivity contribution in [2.45, 2.75) is 79.8 Å². The Balaban J connectivity index is 1.58. The van der Waals surface area contributed by atoms with E-state index in [1.807, 2.05) is 12.1 Å². The third-order valence-corrected chi connectivity index (χ3v) is 8.85. The Kier molecular flexibility index (Phi) is 7.07. The van der Waals surface area contributed by atoms with Gasteiger partial charge in [0.1, 0.15) is 6.61 Å². The normalized spacial score (nSPS) is 20.4. The first-order chi connectivity index (χ1) is 18.3. The van der Waals surface area contributed by atoms with E-state index in [2.05, 4.69) is 81.0 Å². The summed E-state index contributed by atoms with van der Waals surface area (Å²) in [6, 6.07) is 10.2. The van der Waals surface area contributed by atoms with Gasteiger partial charge in [0.05, 0.1) is 11.6 Å². The standard InChI is InChI=1S/C33H38BrNO4/c1-18-8-9-20(10-19(18)2)17-39-31-22(34)11-21(12-27(31)38-7)28-29-23(13-32(3,4)15-25(29)36)35-24-14-33(5,6)16-26(37)30(24)28/h8-12,28,35H,13-17H2,1-7H3. The summed E-state index contributed by atoms with van der Waals surface area (Å²) in [5.74, 6) is 0.950. The van der Waals surface area contributed by atoms with Crippen LogP contribution < -0.4 is 14.8 Å². The molecule has 2 aromatic rings. The van der Waals surface area contributed by atoms with Crippen molar-refractivity contribution >= 4 is 27.5 Å². The minimum atomic E-state index is -0.428. The summed E-state index contributed by atoms with van der Waals surface area (Å²) in [7, 11) is 1.62. The number of ketones is 2. The number of ether oxygens (including phenoxy) is 2. The maximum absolute atomic E-state index is 13.7. The lowest BCUT2D eigenvalue weighted by Gasteiger charge is -2.44. The highest BCUT2D eigenvalue weighted by Gasteiger charge is 2.46. The molecule has 5 nitrogen and oxygen atoms in total. The number of carbonyl (C=O) groups excluding carboxylic acids is 2. The molecule has 0 fully saturated rings. The summed E-state index contributed by atoms with van der Waals surface area (Å²) >= 11 is 3.72. The fourth-order valence-corrected chi connectivity index (χ4v) is 6.89. The maximum atomic E-state index is 13.7. The van der Waals surface area contributed by atoms with Crippen molar-refractivity contribution < 1.29 is 19.1 Å². The van der Waals surface area contributed by atoms with Crippen LogP contribution in [-0.4, -0.2) is 18.7 Å². The van der Waals surface area contributed by atoms with E-state index >= 15 is 0 Å². The molecule has 5 rings (SSSR count). The molecule has 1 heterocycles. The summed E-state index contributed by atoms with van der Waals surface area (Å²) < 4.78 is 12.8. The summed E-state index contributed by atoms with van der Waals surface area (Å²) in [5.41, 5.74) is 7.48. The predicted molar refractivity (Wildman–Crippen MR) is 157 cm³/mol. The lowest BCUT2D eigenvalue weighted by atomic mass is 9.64. The Labute approximate surface area is 240 Å². The molecule has 0 spiro atoms. The molecule has 39 heavy (non-hydrogen) atoms. The zero-order valence-electron chi connectivity index (χ0n) is 24.0. The van der Waals surface area contributed by atoms with Crippen LogP contribution in [0.4, 0.5) is 0 Å². The number of carbonyl (C=O) groups is 2. The molecule has 1 N–H and O–H groups in total. The lowest BCUT2D eigenvalue weighted by Crippen LogP contribution is -2.42. The van der Waals surface area contributed by atoms with Crippen molar-refractivity contribution in [2.24, 2.45) is 10.8 Å². The fraction of sp³-hybridized carbons (Fsp3) is 0.455. The molecule has 0 unspecified atom stereocenters. The number of Topliss-reactive ketones (excluding diaryl/α,β-unsaturated/α-hetero) is 2. The molecule has 2 aliphatic carbocycles. The average Bonchev–Trinajstić information content (AvgIpc) is 2.82. The van der Waals surface area contributed by atoms with Crippen LogP contribution >= 0.6 is 15.9 Å². The number of aryl methyl sites for hydroxylation is 2.